The topological polar surface area (TPSA) is 25.8 Å². The van der Waals surface area contributed by atoms with Crippen LogP contribution in [0.2, 0.25) is 0 Å². The standard InChI is InChI=1S/C11H8N2S2/c1-7-12-5-8-9(6-15-11(8)13-7)10-3-2-4-14-10/h2-6H,1H3. The molecule has 0 radical (unpaired) electrons. The number of hydrogen-bond acceptors (Lipinski definition) is 4. The zero-order valence-corrected chi connectivity index (χ0v) is 9.73. The lowest BCUT2D eigenvalue weighted by Crippen LogP contribution is -1.84. The minimum atomic E-state index is 0.835. The van der Waals surface area contributed by atoms with E-state index in [0.29, 0.717) is 0 Å². The zero-order chi connectivity index (χ0) is 10.3. The van der Waals surface area contributed by atoms with E-state index in [4.69, 9.17) is 0 Å². The third-order valence-corrected chi connectivity index (χ3v) is 4.03. The summed E-state index contributed by atoms with van der Waals surface area (Å²) < 4.78 is 0. The van der Waals surface area contributed by atoms with Gasteiger partial charge in [-0.2, -0.15) is 0 Å². The molecule has 0 saturated carbocycles. The Labute approximate surface area is 95.3 Å². The fourth-order valence-electron chi connectivity index (χ4n) is 1.52. The van der Waals surface area contributed by atoms with E-state index in [-0.39, 0.29) is 0 Å². The summed E-state index contributed by atoms with van der Waals surface area (Å²) in [5, 5.41) is 5.41. The van der Waals surface area contributed by atoms with E-state index < -0.39 is 0 Å². The summed E-state index contributed by atoms with van der Waals surface area (Å²) in [4.78, 5) is 11.0. The lowest BCUT2D eigenvalue weighted by molar-refractivity contribution is 1.10. The van der Waals surface area contributed by atoms with Gasteiger partial charge in [-0.05, 0) is 18.4 Å². The lowest BCUT2D eigenvalue weighted by Gasteiger charge is -1.94. The summed E-state index contributed by atoms with van der Waals surface area (Å²) in [6, 6.07) is 4.20. The number of thiophene rings is 2. The van der Waals surface area contributed by atoms with Crippen LogP contribution in [-0.4, -0.2) is 9.97 Å². The van der Waals surface area contributed by atoms with E-state index in [9.17, 15) is 0 Å². The van der Waals surface area contributed by atoms with Gasteiger partial charge in [0.2, 0.25) is 0 Å². The van der Waals surface area contributed by atoms with Crippen molar-refractivity contribution in [2.24, 2.45) is 0 Å². The summed E-state index contributed by atoms with van der Waals surface area (Å²) in [6.45, 7) is 1.92. The Morgan fingerprint density at radius 1 is 1.27 bits per heavy atom. The highest BCUT2D eigenvalue weighted by Crippen LogP contribution is 2.34. The second-order valence-electron chi connectivity index (χ2n) is 3.26. The highest BCUT2D eigenvalue weighted by Gasteiger charge is 2.08. The van der Waals surface area contributed by atoms with Crippen LogP contribution >= 0.6 is 22.7 Å². The first kappa shape index (κ1) is 9.00. The second kappa shape index (κ2) is 3.40. The second-order valence-corrected chi connectivity index (χ2v) is 5.07. The van der Waals surface area contributed by atoms with Gasteiger partial charge in [-0.25, -0.2) is 9.97 Å². The summed E-state index contributed by atoms with van der Waals surface area (Å²) in [6.07, 6.45) is 1.92. The summed E-state index contributed by atoms with van der Waals surface area (Å²) in [5.74, 6) is 0.835. The molecule has 74 valence electrons. The molecule has 0 aliphatic carbocycles. The normalized spacial score (nSPS) is 11.0. The number of rotatable bonds is 1. The maximum absolute atomic E-state index is 4.42. The molecule has 0 N–H and O–H groups in total. The summed E-state index contributed by atoms with van der Waals surface area (Å²) in [7, 11) is 0. The van der Waals surface area contributed by atoms with Gasteiger partial charge < -0.3 is 0 Å². The van der Waals surface area contributed by atoms with E-state index in [1.165, 1.54) is 10.4 Å². The van der Waals surface area contributed by atoms with E-state index in [1.807, 2.05) is 13.1 Å². The van der Waals surface area contributed by atoms with Crippen molar-refractivity contribution >= 4 is 32.9 Å². The zero-order valence-electron chi connectivity index (χ0n) is 8.10. The van der Waals surface area contributed by atoms with Gasteiger partial charge in [0.25, 0.3) is 0 Å². The van der Waals surface area contributed by atoms with E-state index in [0.717, 1.165) is 16.0 Å². The van der Waals surface area contributed by atoms with Crippen molar-refractivity contribution in [3.05, 3.63) is 34.9 Å². The Bertz CT molecular complexity index is 596. The van der Waals surface area contributed by atoms with Gasteiger partial charge in [0, 0.05) is 27.4 Å². The Morgan fingerprint density at radius 2 is 2.20 bits per heavy atom. The molecule has 3 heterocycles. The van der Waals surface area contributed by atoms with Crippen LogP contribution < -0.4 is 0 Å². The van der Waals surface area contributed by atoms with Crippen LogP contribution in [0.3, 0.4) is 0 Å². The van der Waals surface area contributed by atoms with Gasteiger partial charge in [-0.15, -0.1) is 22.7 Å². The first-order chi connectivity index (χ1) is 7.34. The fraction of sp³-hybridized carbons (Fsp3) is 0.0909. The fourth-order valence-corrected chi connectivity index (χ4v) is 3.31. The van der Waals surface area contributed by atoms with Gasteiger partial charge >= 0.3 is 0 Å². The molecule has 2 nitrogen and oxygen atoms in total. The Kier molecular flexibility index (Phi) is 2.04. The van der Waals surface area contributed by atoms with Gasteiger partial charge in [0.15, 0.2) is 0 Å². The number of hydrogen-bond donors (Lipinski definition) is 0. The third kappa shape index (κ3) is 1.46. The van der Waals surface area contributed by atoms with Crippen molar-refractivity contribution in [3.8, 4) is 10.4 Å². The molecule has 0 aliphatic rings. The molecular weight excluding hydrogens is 224 g/mol. The van der Waals surface area contributed by atoms with E-state index >= 15 is 0 Å². The first-order valence-corrected chi connectivity index (χ1v) is 6.35. The van der Waals surface area contributed by atoms with Crippen LogP contribution in [0.25, 0.3) is 20.7 Å². The smallest absolute Gasteiger partial charge is 0.127 e. The van der Waals surface area contributed by atoms with Crippen LogP contribution in [-0.2, 0) is 0 Å². The molecule has 0 fully saturated rings. The average molecular weight is 232 g/mol. The highest BCUT2D eigenvalue weighted by atomic mass is 32.1. The molecule has 15 heavy (non-hydrogen) atoms. The SMILES string of the molecule is Cc1ncc2c(-c3cccs3)csc2n1. The molecule has 0 aliphatic heterocycles. The first-order valence-electron chi connectivity index (χ1n) is 4.59. The maximum atomic E-state index is 4.42. The quantitative estimate of drug-likeness (QED) is 0.639. The van der Waals surface area contributed by atoms with E-state index in [2.05, 4.69) is 32.9 Å². The van der Waals surface area contributed by atoms with Gasteiger partial charge in [-0.3, -0.25) is 0 Å². The molecule has 0 amide bonds. The third-order valence-electron chi connectivity index (χ3n) is 2.24. The van der Waals surface area contributed by atoms with Crippen LogP contribution in [0.4, 0.5) is 0 Å². The molecule has 4 heteroatoms. The molecule has 0 aromatic carbocycles. The number of aromatic nitrogens is 2. The highest BCUT2D eigenvalue weighted by molar-refractivity contribution is 7.18. The molecule has 0 spiro atoms. The number of fused-ring (bicyclic) bond motifs is 1. The predicted molar refractivity (Wildman–Crippen MR) is 65.5 cm³/mol. The van der Waals surface area contributed by atoms with Crippen LogP contribution in [0.1, 0.15) is 5.82 Å². The molecule has 0 saturated heterocycles. The van der Waals surface area contributed by atoms with Crippen molar-refractivity contribution in [2.75, 3.05) is 0 Å². The minimum Gasteiger partial charge on any atom is -0.241 e. The molecule has 3 aromatic rings. The van der Waals surface area contributed by atoms with Crippen LogP contribution in [0.5, 0.6) is 0 Å². The molecule has 0 atom stereocenters. The van der Waals surface area contributed by atoms with Crippen molar-refractivity contribution in [1.29, 1.82) is 0 Å². The molecule has 0 bridgehead atoms. The van der Waals surface area contributed by atoms with Gasteiger partial charge in [0.1, 0.15) is 10.7 Å². The Balaban J connectivity index is 2.29. The van der Waals surface area contributed by atoms with Crippen molar-refractivity contribution in [3.63, 3.8) is 0 Å². The molecular formula is C11H8N2S2. The maximum Gasteiger partial charge on any atom is 0.127 e. The Hall–Kier alpha value is -1.26. The monoisotopic (exact) mass is 232 g/mol. The number of nitrogens with zero attached hydrogens (tertiary/aromatic N) is 2. The summed E-state index contributed by atoms with van der Waals surface area (Å²) >= 11 is 3.43. The van der Waals surface area contributed by atoms with Crippen molar-refractivity contribution in [1.82, 2.24) is 9.97 Å². The van der Waals surface area contributed by atoms with Crippen LogP contribution in [0.15, 0.2) is 29.1 Å². The largest absolute Gasteiger partial charge is 0.241 e. The van der Waals surface area contributed by atoms with Crippen molar-refractivity contribution < 1.29 is 0 Å². The summed E-state index contributed by atoms with van der Waals surface area (Å²) in [5.41, 5.74) is 1.25. The predicted octanol–water partition coefficient (Wildman–Crippen LogP) is 3.73. The molecule has 0 unspecified atom stereocenters. The Morgan fingerprint density at radius 3 is 3.00 bits per heavy atom. The van der Waals surface area contributed by atoms with Gasteiger partial charge in [-0.1, -0.05) is 6.07 Å². The lowest BCUT2D eigenvalue weighted by atomic mass is 10.2. The minimum absolute atomic E-state index is 0.835. The van der Waals surface area contributed by atoms with Crippen LogP contribution in [0, 0.1) is 6.92 Å². The average Bonchev–Trinajstić information content (AvgIpc) is 2.82. The van der Waals surface area contributed by atoms with E-state index in [1.54, 1.807) is 22.7 Å². The van der Waals surface area contributed by atoms with Crippen molar-refractivity contribution in [2.45, 2.75) is 6.92 Å². The van der Waals surface area contributed by atoms with Gasteiger partial charge in [0.05, 0.1) is 0 Å². The number of aryl methyl sites for hydroxylation is 1. The molecule has 3 aromatic heterocycles. The molecule has 3 rings (SSSR count).